The van der Waals surface area contributed by atoms with E-state index in [4.69, 9.17) is 32.7 Å². The number of allylic oxidation sites excluding steroid dienone is 3. The van der Waals surface area contributed by atoms with Crippen molar-refractivity contribution in [2.45, 2.75) is 24.4 Å². The number of anilines is 2. The molecule has 3 aromatic carbocycles. The number of phenolic OH excluding ortho intramolecular Hbond substituents is 1. The Kier molecular flexibility index (Phi) is 10.3. The number of halogens is 5. The lowest BCUT2D eigenvalue weighted by atomic mass is 9.50. The molecule has 14 nitrogen and oxygen atoms in total. The number of carbonyl (C=O) groups is 4. The molecule has 6 atom stereocenters. The van der Waals surface area contributed by atoms with E-state index >= 15 is 4.79 Å². The zero-order valence-electron chi connectivity index (χ0n) is 31.9. The first-order chi connectivity index (χ1) is 29.0. The number of pyridine rings is 1. The monoisotopic (exact) mass is 877 g/mol. The number of ether oxygens (including phenoxy) is 2. The minimum absolute atomic E-state index is 0.00144. The highest BCUT2D eigenvalue weighted by atomic mass is 35.5. The van der Waals surface area contributed by atoms with Crippen LogP contribution in [0.5, 0.6) is 17.2 Å². The molecule has 1 saturated carbocycles. The first kappa shape index (κ1) is 41.3. The summed E-state index contributed by atoms with van der Waals surface area (Å²) in [5.74, 6) is -8.61. The van der Waals surface area contributed by atoms with Gasteiger partial charge in [0.2, 0.25) is 17.6 Å². The fraction of sp³-hybridized carbons (Fsp3) is 0.262. The fourth-order valence-corrected chi connectivity index (χ4v) is 9.58. The molecular weight excluding hydrogens is 846 g/mol. The van der Waals surface area contributed by atoms with E-state index in [-0.39, 0.29) is 41.5 Å². The number of amides is 4. The van der Waals surface area contributed by atoms with Gasteiger partial charge in [-0.1, -0.05) is 65.2 Å². The first-order valence-electron chi connectivity index (χ1n) is 18.6. The van der Waals surface area contributed by atoms with E-state index in [0.29, 0.717) is 39.0 Å². The highest BCUT2D eigenvalue weighted by Gasteiger charge is 2.69. The topological polar surface area (TPSA) is 182 Å². The van der Waals surface area contributed by atoms with Gasteiger partial charge in [-0.3, -0.25) is 34.7 Å². The number of nitro benzene ring substituents is 1. The van der Waals surface area contributed by atoms with Crippen LogP contribution in [0.2, 0.25) is 10.0 Å². The van der Waals surface area contributed by atoms with Crippen LogP contribution in [0.1, 0.15) is 29.5 Å². The van der Waals surface area contributed by atoms with E-state index in [1.807, 2.05) is 0 Å². The van der Waals surface area contributed by atoms with Crippen molar-refractivity contribution in [3.05, 3.63) is 128 Å². The molecule has 314 valence electrons. The van der Waals surface area contributed by atoms with E-state index in [0.717, 1.165) is 11.0 Å². The number of fused-ring (bicyclic) bond motifs is 4. The van der Waals surface area contributed by atoms with Crippen molar-refractivity contribution in [2.75, 3.05) is 24.5 Å². The van der Waals surface area contributed by atoms with Gasteiger partial charge < -0.3 is 14.6 Å². The Morgan fingerprint density at radius 2 is 1.66 bits per heavy atom. The number of nitrogens with one attached hydrogen (secondary N) is 1. The molecule has 2 aliphatic heterocycles. The number of alkyl halides is 3. The standard InChI is InChI=1S/C42H32Cl2F3N5O9/c1-60-32-14-20(15-33(61-2)35(32)53)6-13-29-26-11-12-27-34(39(56)50(37(27)54)24-4-3-5-25(17-24)52(58)59)28(26)18-30-38(55)51(40(57)41(29,30)21-7-9-23(43)10-8-21)49-36-31(44)16-22(19-48-36)42(45,46)47/h3-11,13-17,19,27-30,34,53H,12,18H2,1-2H3,(H,48,49)/t27-,28+,29-,30-,34-,41-/m0/s1. The number of carbonyl (C=O) groups excluding carboxylic acids is 4. The summed E-state index contributed by atoms with van der Waals surface area (Å²) in [5, 5.41) is 22.7. The summed E-state index contributed by atoms with van der Waals surface area (Å²) in [4.78, 5) is 74.6. The quantitative estimate of drug-likeness (QED) is 0.0726. The maximum Gasteiger partial charge on any atom is 0.417 e. The van der Waals surface area contributed by atoms with Crippen molar-refractivity contribution in [1.82, 2.24) is 9.99 Å². The number of non-ortho nitro benzene ring substituents is 1. The minimum Gasteiger partial charge on any atom is -0.502 e. The molecule has 0 unspecified atom stereocenters. The third kappa shape index (κ3) is 6.62. The number of hydrogen-bond acceptors (Lipinski definition) is 11. The second kappa shape index (κ2) is 15.2. The molecule has 0 bridgehead atoms. The molecule has 1 aromatic heterocycles. The number of rotatable bonds is 9. The van der Waals surface area contributed by atoms with Crippen LogP contribution in [-0.4, -0.2) is 57.9 Å². The summed E-state index contributed by atoms with van der Waals surface area (Å²) < 4.78 is 51.3. The van der Waals surface area contributed by atoms with Crippen molar-refractivity contribution in [1.29, 1.82) is 0 Å². The molecule has 3 fully saturated rings. The largest absolute Gasteiger partial charge is 0.502 e. The summed E-state index contributed by atoms with van der Waals surface area (Å²) in [5.41, 5.74) is 0.569. The zero-order valence-corrected chi connectivity index (χ0v) is 33.4. The summed E-state index contributed by atoms with van der Waals surface area (Å²) in [6, 6.07) is 15.0. The van der Waals surface area contributed by atoms with E-state index in [1.165, 1.54) is 56.7 Å². The van der Waals surface area contributed by atoms with Gasteiger partial charge in [-0.25, -0.2) is 9.88 Å². The molecule has 0 spiro atoms. The van der Waals surface area contributed by atoms with Crippen molar-refractivity contribution in [3.8, 4) is 17.2 Å². The highest BCUT2D eigenvalue weighted by molar-refractivity contribution is 6.33. The fourth-order valence-electron chi connectivity index (χ4n) is 9.25. The number of methoxy groups -OCH3 is 2. The molecule has 8 rings (SSSR count). The van der Waals surface area contributed by atoms with Crippen LogP contribution in [-0.2, 0) is 30.8 Å². The van der Waals surface area contributed by atoms with Crippen LogP contribution in [0.15, 0.2) is 90.7 Å². The van der Waals surface area contributed by atoms with Gasteiger partial charge in [-0.05, 0) is 66.3 Å². The Balaban J connectivity index is 1.30. The van der Waals surface area contributed by atoms with Gasteiger partial charge in [-0.2, -0.15) is 18.2 Å². The zero-order chi connectivity index (χ0) is 43.7. The average Bonchev–Trinajstić information content (AvgIpc) is 3.61. The number of imide groups is 2. The van der Waals surface area contributed by atoms with E-state index in [9.17, 15) is 42.8 Å². The van der Waals surface area contributed by atoms with Crippen LogP contribution in [0.25, 0.3) is 6.08 Å². The van der Waals surface area contributed by atoms with Crippen LogP contribution in [0.3, 0.4) is 0 Å². The third-order valence-corrected chi connectivity index (χ3v) is 12.4. The van der Waals surface area contributed by atoms with Crippen LogP contribution >= 0.6 is 23.2 Å². The van der Waals surface area contributed by atoms with Gasteiger partial charge in [-0.15, -0.1) is 0 Å². The lowest BCUT2D eigenvalue weighted by Gasteiger charge is -2.49. The number of phenols is 1. The Bertz CT molecular complexity index is 2580. The lowest BCUT2D eigenvalue weighted by molar-refractivity contribution is -0.384. The molecule has 2 saturated heterocycles. The maximum absolute atomic E-state index is 15.3. The van der Waals surface area contributed by atoms with Gasteiger partial charge in [0.05, 0.1) is 58.6 Å². The molecule has 0 radical (unpaired) electrons. The molecule has 61 heavy (non-hydrogen) atoms. The van der Waals surface area contributed by atoms with Crippen LogP contribution < -0.4 is 19.8 Å². The van der Waals surface area contributed by atoms with Crippen molar-refractivity contribution >= 4 is 70.1 Å². The second-order valence-corrected chi connectivity index (χ2v) is 15.7. The third-order valence-electron chi connectivity index (χ3n) is 11.9. The van der Waals surface area contributed by atoms with E-state index in [2.05, 4.69) is 10.4 Å². The second-order valence-electron chi connectivity index (χ2n) is 14.9. The van der Waals surface area contributed by atoms with Crippen molar-refractivity contribution < 1.29 is 51.9 Å². The average molecular weight is 879 g/mol. The van der Waals surface area contributed by atoms with Gasteiger partial charge >= 0.3 is 6.18 Å². The van der Waals surface area contributed by atoms with Gasteiger partial charge in [0.1, 0.15) is 0 Å². The van der Waals surface area contributed by atoms with Crippen LogP contribution in [0.4, 0.5) is 30.4 Å². The number of hydrogen-bond donors (Lipinski definition) is 2. The molecule has 3 heterocycles. The number of hydrazine groups is 1. The predicted octanol–water partition coefficient (Wildman–Crippen LogP) is 7.77. The molecule has 2 N–H and O–H groups in total. The van der Waals surface area contributed by atoms with Gasteiger partial charge in [0.15, 0.2) is 17.3 Å². The Morgan fingerprint density at radius 1 is 0.967 bits per heavy atom. The summed E-state index contributed by atoms with van der Waals surface area (Å²) in [6.07, 6.45) is 0.660. The van der Waals surface area contributed by atoms with E-state index < -0.39 is 86.1 Å². The SMILES string of the molecule is COc1cc(C=C[C@H]2C3=CC[C@@H]4C(=O)N(c5cccc([N+](=O)[O-])c5)C(=O)[C@@H]4[C@@H]3C[C@H]3C(=O)N(Nc4ncc(C(F)(F)F)cc4Cl)C(=O)[C@@]23c2ccc(Cl)cc2)cc(OC)c1O. The number of benzene rings is 3. The molecule has 4 amide bonds. The number of aromatic nitrogens is 1. The normalized spacial score (nSPS) is 24.7. The summed E-state index contributed by atoms with van der Waals surface area (Å²) in [7, 11) is 2.69. The molecule has 4 aliphatic rings. The van der Waals surface area contributed by atoms with Crippen molar-refractivity contribution in [2.24, 2.45) is 29.6 Å². The maximum atomic E-state index is 15.3. The molecule has 19 heteroatoms. The minimum atomic E-state index is -4.79. The Hall–Kier alpha value is -6.46. The summed E-state index contributed by atoms with van der Waals surface area (Å²) in [6.45, 7) is 0. The van der Waals surface area contributed by atoms with Crippen molar-refractivity contribution in [3.63, 3.8) is 0 Å². The smallest absolute Gasteiger partial charge is 0.417 e. The Labute approximate surface area is 354 Å². The molecular formula is C42H32Cl2F3N5O9. The number of nitro groups is 1. The van der Waals surface area contributed by atoms with Crippen LogP contribution in [0, 0.1) is 39.7 Å². The highest BCUT2D eigenvalue weighted by Crippen LogP contribution is 2.62. The number of aromatic hydroxyl groups is 1. The Morgan fingerprint density at radius 3 is 2.28 bits per heavy atom. The summed E-state index contributed by atoms with van der Waals surface area (Å²) >= 11 is 12.6. The van der Waals surface area contributed by atoms with E-state index in [1.54, 1.807) is 30.4 Å². The van der Waals surface area contributed by atoms with Gasteiger partial charge in [0, 0.05) is 29.3 Å². The number of nitrogens with zero attached hydrogens (tertiary/aromatic N) is 4. The first-order valence-corrected chi connectivity index (χ1v) is 19.4. The molecule has 4 aromatic rings. The molecule has 2 aliphatic carbocycles. The van der Waals surface area contributed by atoms with Gasteiger partial charge in [0.25, 0.3) is 17.5 Å². The lowest BCUT2D eigenvalue weighted by Crippen LogP contribution is -2.54. The predicted molar refractivity (Wildman–Crippen MR) is 213 cm³/mol.